The summed E-state index contributed by atoms with van der Waals surface area (Å²) in [7, 11) is 2.00. The van der Waals surface area contributed by atoms with Gasteiger partial charge in [0.05, 0.1) is 6.54 Å². The van der Waals surface area contributed by atoms with Crippen LogP contribution in [0.1, 0.15) is 47.8 Å². The first-order chi connectivity index (χ1) is 13.0. The van der Waals surface area contributed by atoms with Crippen molar-refractivity contribution in [2.75, 3.05) is 13.1 Å². The number of hydrogen-bond donors (Lipinski definition) is 0. The van der Waals surface area contributed by atoms with Crippen LogP contribution >= 0.6 is 0 Å². The molecule has 0 aliphatic heterocycles. The lowest BCUT2D eigenvalue weighted by Gasteiger charge is -2.28. The van der Waals surface area contributed by atoms with Crippen LogP contribution in [0.15, 0.2) is 42.6 Å². The van der Waals surface area contributed by atoms with Crippen molar-refractivity contribution in [2.24, 2.45) is 7.05 Å². The van der Waals surface area contributed by atoms with E-state index in [0.717, 1.165) is 30.5 Å². The number of rotatable bonds is 8. The van der Waals surface area contributed by atoms with Crippen molar-refractivity contribution in [3.63, 3.8) is 0 Å². The molecule has 1 aromatic heterocycles. The minimum absolute atomic E-state index is 0.0348. The van der Waals surface area contributed by atoms with Crippen LogP contribution in [0.25, 0.3) is 0 Å². The van der Waals surface area contributed by atoms with Gasteiger partial charge in [0.15, 0.2) is 0 Å². The van der Waals surface area contributed by atoms with Crippen molar-refractivity contribution >= 4 is 11.8 Å². The first-order valence-corrected chi connectivity index (χ1v) is 9.75. The summed E-state index contributed by atoms with van der Waals surface area (Å²) >= 11 is 0. The Morgan fingerprint density at radius 1 is 1.15 bits per heavy atom. The monoisotopic (exact) mass is 367 g/mol. The highest BCUT2D eigenvalue weighted by Crippen LogP contribution is 2.28. The Morgan fingerprint density at radius 2 is 1.85 bits per heavy atom. The molecule has 5 heteroatoms. The average Bonchev–Trinajstić information content (AvgIpc) is 3.41. The summed E-state index contributed by atoms with van der Waals surface area (Å²) in [6.07, 6.45) is 4.92. The topological polar surface area (TPSA) is 45.6 Å². The van der Waals surface area contributed by atoms with Crippen molar-refractivity contribution < 1.29 is 9.59 Å². The molecule has 5 nitrogen and oxygen atoms in total. The van der Waals surface area contributed by atoms with Gasteiger partial charge in [-0.15, -0.1) is 0 Å². The second kappa shape index (κ2) is 8.42. The molecule has 144 valence electrons. The fourth-order valence-corrected chi connectivity index (χ4v) is 3.30. The Kier molecular flexibility index (Phi) is 5.99. The highest BCUT2D eigenvalue weighted by molar-refractivity contribution is 5.96. The van der Waals surface area contributed by atoms with Gasteiger partial charge in [-0.05, 0) is 50.5 Å². The molecule has 1 saturated carbocycles. The van der Waals surface area contributed by atoms with Crippen molar-refractivity contribution in [3.05, 3.63) is 59.4 Å². The quantitative estimate of drug-likeness (QED) is 0.718. The van der Waals surface area contributed by atoms with Crippen LogP contribution in [0.5, 0.6) is 0 Å². The molecule has 3 rings (SSSR count). The van der Waals surface area contributed by atoms with Gasteiger partial charge in [-0.1, -0.05) is 24.6 Å². The summed E-state index contributed by atoms with van der Waals surface area (Å²) in [6.45, 7) is 5.36. The fraction of sp³-hybridized carbons (Fsp3) is 0.455. The lowest BCUT2D eigenvalue weighted by Crippen LogP contribution is -2.44. The van der Waals surface area contributed by atoms with Crippen LogP contribution in [0.2, 0.25) is 0 Å². The molecule has 0 N–H and O–H groups in total. The van der Waals surface area contributed by atoms with Crippen LogP contribution in [0, 0.1) is 6.92 Å². The van der Waals surface area contributed by atoms with E-state index in [1.54, 1.807) is 4.90 Å². The van der Waals surface area contributed by atoms with E-state index in [1.165, 1.54) is 0 Å². The number of benzene rings is 1. The van der Waals surface area contributed by atoms with Crippen molar-refractivity contribution in [1.29, 1.82) is 0 Å². The fourth-order valence-electron chi connectivity index (χ4n) is 3.30. The Bertz CT molecular complexity index is 790. The summed E-state index contributed by atoms with van der Waals surface area (Å²) in [5.74, 6) is -0.0348. The molecule has 1 fully saturated rings. The zero-order valence-electron chi connectivity index (χ0n) is 16.5. The standard InChI is InChI=1S/C22H29N3O2/c1-4-13-24(22(27)18-9-7-17(2)8-10-18)16-21(26)25(19-11-12-19)15-20-6-5-14-23(20)3/h5-10,14,19H,4,11-13,15-16H2,1-3H3. The van der Waals surface area contributed by atoms with E-state index in [-0.39, 0.29) is 18.4 Å². The molecule has 1 aromatic carbocycles. The summed E-state index contributed by atoms with van der Waals surface area (Å²) in [5.41, 5.74) is 2.87. The second-order valence-electron chi connectivity index (χ2n) is 7.46. The molecule has 1 aliphatic carbocycles. The average molecular weight is 367 g/mol. The normalized spacial score (nSPS) is 13.4. The summed E-state index contributed by atoms with van der Waals surface area (Å²) in [5, 5.41) is 0. The molecule has 1 aliphatic rings. The minimum Gasteiger partial charge on any atom is -0.353 e. The van der Waals surface area contributed by atoms with E-state index >= 15 is 0 Å². The Morgan fingerprint density at radius 3 is 2.41 bits per heavy atom. The lowest BCUT2D eigenvalue weighted by molar-refractivity contribution is -0.133. The lowest BCUT2D eigenvalue weighted by atomic mass is 10.1. The highest BCUT2D eigenvalue weighted by atomic mass is 16.2. The molecule has 0 unspecified atom stereocenters. The van der Waals surface area contributed by atoms with Gasteiger partial charge in [-0.3, -0.25) is 9.59 Å². The SMILES string of the molecule is CCCN(CC(=O)N(Cc1cccn1C)C1CC1)C(=O)c1ccc(C)cc1. The maximum Gasteiger partial charge on any atom is 0.254 e. The number of hydrogen-bond acceptors (Lipinski definition) is 2. The largest absolute Gasteiger partial charge is 0.353 e. The Hall–Kier alpha value is -2.56. The van der Waals surface area contributed by atoms with Crippen LogP contribution in [0.4, 0.5) is 0 Å². The maximum atomic E-state index is 13.1. The number of nitrogens with zero attached hydrogens (tertiary/aromatic N) is 3. The Labute approximate surface area is 161 Å². The van der Waals surface area contributed by atoms with E-state index in [4.69, 9.17) is 0 Å². The molecular formula is C22H29N3O2. The number of aromatic nitrogens is 1. The third kappa shape index (κ3) is 4.79. The van der Waals surface area contributed by atoms with E-state index in [9.17, 15) is 9.59 Å². The molecule has 0 saturated heterocycles. The van der Waals surface area contributed by atoms with E-state index < -0.39 is 0 Å². The molecule has 0 atom stereocenters. The van der Waals surface area contributed by atoms with Crippen LogP contribution < -0.4 is 0 Å². The van der Waals surface area contributed by atoms with Crippen LogP contribution in [-0.2, 0) is 18.4 Å². The predicted octanol–water partition coefficient (Wildman–Crippen LogP) is 3.38. The van der Waals surface area contributed by atoms with Crippen molar-refractivity contribution in [2.45, 2.75) is 45.7 Å². The minimum atomic E-state index is -0.0696. The maximum absolute atomic E-state index is 13.1. The van der Waals surface area contributed by atoms with Gasteiger partial charge < -0.3 is 14.4 Å². The predicted molar refractivity (Wildman–Crippen MR) is 106 cm³/mol. The van der Waals surface area contributed by atoms with Crippen LogP contribution in [0.3, 0.4) is 0 Å². The zero-order valence-corrected chi connectivity index (χ0v) is 16.5. The Balaban J connectivity index is 1.72. The van der Waals surface area contributed by atoms with Crippen molar-refractivity contribution in [1.82, 2.24) is 14.4 Å². The third-order valence-electron chi connectivity index (χ3n) is 5.10. The smallest absolute Gasteiger partial charge is 0.254 e. The molecule has 27 heavy (non-hydrogen) atoms. The molecular weight excluding hydrogens is 338 g/mol. The summed E-state index contributed by atoms with van der Waals surface area (Å²) < 4.78 is 2.05. The van der Waals surface area contributed by atoms with Gasteiger partial charge in [0.25, 0.3) is 5.91 Å². The first kappa shape index (κ1) is 19.2. The summed E-state index contributed by atoms with van der Waals surface area (Å²) in [4.78, 5) is 29.6. The van der Waals surface area contributed by atoms with Gasteiger partial charge >= 0.3 is 0 Å². The van der Waals surface area contributed by atoms with Crippen LogP contribution in [-0.4, -0.2) is 45.3 Å². The molecule has 1 heterocycles. The molecule has 0 radical (unpaired) electrons. The number of carbonyl (C=O) groups excluding carboxylic acids is 2. The van der Waals surface area contributed by atoms with E-state index in [2.05, 4.69) is 0 Å². The number of carbonyl (C=O) groups is 2. The second-order valence-corrected chi connectivity index (χ2v) is 7.46. The molecule has 2 amide bonds. The van der Waals surface area contributed by atoms with Crippen molar-refractivity contribution in [3.8, 4) is 0 Å². The van der Waals surface area contributed by atoms with Gasteiger partial charge in [0.1, 0.15) is 6.54 Å². The van der Waals surface area contributed by atoms with Gasteiger partial charge in [0, 0.05) is 37.1 Å². The number of amides is 2. The molecule has 2 aromatic rings. The van der Waals surface area contributed by atoms with Gasteiger partial charge in [0.2, 0.25) is 5.91 Å². The highest BCUT2D eigenvalue weighted by Gasteiger charge is 2.34. The van der Waals surface area contributed by atoms with Gasteiger partial charge in [-0.2, -0.15) is 0 Å². The molecule has 0 spiro atoms. The van der Waals surface area contributed by atoms with E-state index in [0.29, 0.717) is 24.7 Å². The molecule has 0 bridgehead atoms. The number of aryl methyl sites for hydroxylation is 2. The summed E-state index contributed by atoms with van der Waals surface area (Å²) in [6, 6.07) is 11.9. The third-order valence-corrected chi connectivity index (χ3v) is 5.10. The van der Waals surface area contributed by atoms with Gasteiger partial charge in [-0.25, -0.2) is 0 Å². The zero-order chi connectivity index (χ0) is 19.4. The van der Waals surface area contributed by atoms with E-state index in [1.807, 2.05) is 73.0 Å². The first-order valence-electron chi connectivity index (χ1n) is 9.75.